The first-order valence-corrected chi connectivity index (χ1v) is 4.63. The van der Waals surface area contributed by atoms with Gasteiger partial charge in [0.15, 0.2) is 5.69 Å². The van der Waals surface area contributed by atoms with E-state index in [0.717, 1.165) is 5.39 Å². The van der Waals surface area contributed by atoms with Crippen molar-refractivity contribution in [2.24, 2.45) is 0 Å². The monoisotopic (exact) mass is 222 g/mol. The third-order valence-electron chi connectivity index (χ3n) is 1.88. The molecule has 0 spiro atoms. The van der Waals surface area contributed by atoms with Crippen LogP contribution in [0.2, 0.25) is 10.0 Å². The number of fused-ring (bicyclic) bond motifs is 1. The van der Waals surface area contributed by atoms with Crippen molar-refractivity contribution in [2.45, 2.75) is 0 Å². The van der Waals surface area contributed by atoms with Gasteiger partial charge in [0, 0.05) is 5.39 Å². The molecule has 0 aliphatic rings. The van der Waals surface area contributed by atoms with Crippen LogP contribution in [0, 0.1) is 11.3 Å². The third kappa shape index (κ3) is 1.31. The van der Waals surface area contributed by atoms with Gasteiger partial charge in [0.1, 0.15) is 6.07 Å². The Balaban J connectivity index is 2.94. The van der Waals surface area contributed by atoms with Crippen molar-refractivity contribution in [3.05, 3.63) is 40.0 Å². The lowest BCUT2D eigenvalue weighted by atomic mass is 10.2. The number of para-hydroxylation sites is 1. The fraction of sp³-hybridized carbons (Fsp3) is 0. The number of nitriles is 1. The number of hydrogen-bond donors (Lipinski definition) is 0. The van der Waals surface area contributed by atoms with Crippen LogP contribution in [-0.4, -0.2) is 4.98 Å². The zero-order valence-corrected chi connectivity index (χ0v) is 8.47. The molecule has 2 rings (SSSR count). The molecule has 0 bridgehead atoms. The van der Waals surface area contributed by atoms with Crippen LogP contribution in [0.4, 0.5) is 0 Å². The van der Waals surface area contributed by atoms with Crippen LogP contribution >= 0.6 is 23.2 Å². The Morgan fingerprint density at radius 2 is 1.86 bits per heavy atom. The smallest absolute Gasteiger partial charge is 0.161 e. The first kappa shape index (κ1) is 9.26. The van der Waals surface area contributed by atoms with Crippen LogP contribution in [0.3, 0.4) is 0 Å². The summed E-state index contributed by atoms with van der Waals surface area (Å²) in [6.45, 7) is 0. The van der Waals surface area contributed by atoms with Crippen molar-refractivity contribution in [2.75, 3.05) is 0 Å². The topological polar surface area (TPSA) is 36.7 Å². The van der Waals surface area contributed by atoms with Gasteiger partial charge in [-0.1, -0.05) is 41.4 Å². The summed E-state index contributed by atoms with van der Waals surface area (Å²) in [4.78, 5) is 4.08. The van der Waals surface area contributed by atoms with Crippen LogP contribution in [-0.2, 0) is 0 Å². The summed E-state index contributed by atoms with van der Waals surface area (Å²) in [5.41, 5.74) is 0.841. The highest BCUT2D eigenvalue weighted by Crippen LogP contribution is 2.31. The van der Waals surface area contributed by atoms with Gasteiger partial charge in [-0.05, 0) is 6.07 Å². The summed E-state index contributed by atoms with van der Waals surface area (Å²) in [6, 6.07) is 9.19. The second kappa shape index (κ2) is 3.45. The van der Waals surface area contributed by atoms with Gasteiger partial charge in [0.25, 0.3) is 0 Å². The van der Waals surface area contributed by atoms with Gasteiger partial charge >= 0.3 is 0 Å². The maximum absolute atomic E-state index is 8.75. The Morgan fingerprint density at radius 1 is 1.14 bits per heavy atom. The SMILES string of the molecule is N#Cc1nc2ccccc2c(Cl)c1Cl. The Bertz CT molecular complexity index is 544. The predicted octanol–water partition coefficient (Wildman–Crippen LogP) is 3.41. The minimum absolute atomic E-state index is 0.162. The Labute approximate surface area is 90.7 Å². The zero-order chi connectivity index (χ0) is 10.1. The van der Waals surface area contributed by atoms with E-state index in [9.17, 15) is 0 Å². The van der Waals surface area contributed by atoms with E-state index < -0.39 is 0 Å². The Hall–Kier alpha value is -1.30. The molecule has 0 N–H and O–H groups in total. The minimum atomic E-state index is 0.162. The average molecular weight is 223 g/mol. The lowest BCUT2D eigenvalue weighted by Crippen LogP contribution is -1.87. The number of benzene rings is 1. The molecule has 1 heterocycles. The summed E-state index contributed by atoms with van der Waals surface area (Å²) < 4.78 is 0. The molecule has 0 atom stereocenters. The quantitative estimate of drug-likeness (QED) is 0.686. The van der Waals surface area contributed by atoms with Gasteiger partial charge in [-0.2, -0.15) is 5.26 Å². The molecule has 4 heteroatoms. The number of rotatable bonds is 0. The molecule has 0 aliphatic carbocycles. The van der Waals surface area contributed by atoms with Crippen molar-refractivity contribution < 1.29 is 0 Å². The molecule has 0 radical (unpaired) electrons. The van der Waals surface area contributed by atoms with E-state index in [1.165, 1.54) is 0 Å². The average Bonchev–Trinajstić information content (AvgIpc) is 2.23. The fourth-order valence-electron chi connectivity index (χ4n) is 1.22. The molecule has 0 aliphatic heterocycles. The van der Waals surface area contributed by atoms with E-state index >= 15 is 0 Å². The molecule has 1 aromatic heterocycles. The van der Waals surface area contributed by atoms with E-state index in [2.05, 4.69) is 4.98 Å². The summed E-state index contributed by atoms with van der Waals surface area (Å²) in [7, 11) is 0. The van der Waals surface area contributed by atoms with Crippen molar-refractivity contribution in [3.63, 3.8) is 0 Å². The highest BCUT2D eigenvalue weighted by molar-refractivity contribution is 6.45. The first-order chi connectivity index (χ1) is 6.74. The normalized spacial score (nSPS) is 10.1. The number of pyridine rings is 1. The molecule has 0 saturated carbocycles. The van der Waals surface area contributed by atoms with Gasteiger partial charge in [-0.3, -0.25) is 0 Å². The van der Waals surface area contributed by atoms with Crippen LogP contribution in [0.5, 0.6) is 0 Å². The van der Waals surface area contributed by atoms with Gasteiger partial charge in [-0.25, -0.2) is 4.98 Å². The molecule has 14 heavy (non-hydrogen) atoms. The van der Waals surface area contributed by atoms with Crippen molar-refractivity contribution in [1.29, 1.82) is 5.26 Å². The Kier molecular flexibility index (Phi) is 2.28. The fourth-order valence-corrected chi connectivity index (χ4v) is 1.66. The molecule has 1 aromatic carbocycles. The summed E-state index contributed by atoms with van der Waals surface area (Å²) in [5.74, 6) is 0. The number of halogens is 2. The molecule has 0 unspecified atom stereocenters. The lowest BCUT2D eigenvalue weighted by molar-refractivity contribution is 1.32. The van der Waals surface area contributed by atoms with Crippen LogP contribution in [0.15, 0.2) is 24.3 Å². The standard InChI is InChI=1S/C10H4Cl2N2/c11-9-6-3-1-2-4-7(6)14-8(5-13)10(9)12/h1-4H. The largest absolute Gasteiger partial charge is 0.235 e. The summed E-state index contributed by atoms with van der Waals surface area (Å²) in [5, 5.41) is 10.1. The van der Waals surface area contributed by atoms with Gasteiger partial charge < -0.3 is 0 Å². The van der Waals surface area contributed by atoms with Crippen LogP contribution in [0.25, 0.3) is 10.9 Å². The lowest BCUT2D eigenvalue weighted by Gasteiger charge is -2.02. The molecular weight excluding hydrogens is 219 g/mol. The zero-order valence-electron chi connectivity index (χ0n) is 6.96. The van der Waals surface area contributed by atoms with Crippen molar-refractivity contribution >= 4 is 34.1 Å². The molecule has 0 saturated heterocycles. The third-order valence-corrected chi connectivity index (χ3v) is 2.74. The number of aromatic nitrogens is 1. The summed E-state index contributed by atoms with van der Waals surface area (Å²) >= 11 is 11.8. The van der Waals surface area contributed by atoms with E-state index in [1.54, 1.807) is 6.07 Å². The van der Waals surface area contributed by atoms with E-state index in [-0.39, 0.29) is 10.7 Å². The van der Waals surface area contributed by atoms with E-state index in [1.807, 2.05) is 24.3 Å². The second-order valence-electron chi connectivity index (χ2n) is 2.72. The number of nitrogens with zero attached hydrogens (tertiary/aromatic N) is 2. The van der Waals surface area contributed by atoms with Gasteiger partial charge in [-0.15, -0.1) is 0 Å². The second-order valence-corrected chi connectivity index (χ2v) is 3.47. The van der Waals surface area contributed by atoms with Crippen LogP contribution in [0.1, 0.15) is 5.69 Å². The number of hydrogen-bond acceptors (Lipinski definition) is 2. The highest BCUT2D eigenvalue weighted by Gasteiger charge is 2.10. The molecular formula is C10H4Cl2N2. The predicted molar refractivity (Wildman–Crippen MR) is 56.5 cm³/mol. The minimum Gasteiger partial charge on any atom is -0.235 e. The van der Waals surface area contributed by atoms with E-state index in [4.69, 9.17) is 28.5 Å². The van der Waals surface area contributed by atoms with Crippen molar-refractivity contribution in [1.82, 2.24) is 4.98 Å². The summed E-state index contributed by atoms with van der Waals surface area (Å²) in [6.07, 6.45) is 0. The van der Waals surface area contributed by atoms with Crippen LogP contribution < -0.4 is 0 Å². The van der Waals surface area contributed by atoms with Gasteiger partial charge in [0.2, 0.25) is 0 Å². The maximum atomic E-state index is 8.75. The molecule has 0 amide bonds. The molecule has 2 nitrogen and oxygen atoms in total. The maximum Gasteiger partial charge on any atom is 0.161 e. The molecule has 0 fully saturated rings. The van der Waals surface area contributed by atoms with Crippen molar-refractivity contribution in [3.8, 4) is 6.07 Å². The Morgan fingerprint density at radius 3 is 2.57 bits per heavy atom. The molecule has 68 valence electrons. The highest BCUT2D eigenvalue weighted by atomic mass is 35.5. The van der Waals surface area contributed by atoms with Gasteiger partial charge in [0.05, 0.1) is 15.6 Å². The first-order valence-electron chi connectivity index (χ1n) is 3.88. The molecule has 2 aromatic rings. The van der Waals surface area contributed by atoms with E-state index in [0.29, 0.717) is 10.5 Å².